The lowest BCUT2D eigenvalue weighted by Crippen LogP contribution is -1.99. The normalized spacial score (nSPS) is 10.6. The van der Waals surface area contributed by atoms with Crippen LogP contribution in [0, 0.1) is 17.0 Å². The lowest BCUT2D eigenvalue weighted by molar-refractivity contribution is -0.384. The van der Waals surface area contributed by atoms with E-state index in [-0.39, 0.29) is 10.6 Å². The number of non-ortho nitro benzene ring substituents is 1. The number of nitrogens with zero attached hydrogens (tertiary/aromatic N) is 1. The minimum Gasteiger partial charge on any atom is -0.493 e. The van der Waals surface area contributed by atoms with Gasteiger partial charge in [-0.1, -0.05) is 48.0 Å². The third-order valence-corrected chi connectivity index (χ3v) is 3.97. The number of hydrogen-bond acceptors (Lipinski definition) is 3. The molecule has 0 heterocycles. The zero-order chi connectivity index (χ0) is 15.5. The van der Waals surface area contributed by atoms with Gasteiger partial charge in [0.15, 0.2) is 0 Å². The number of benzene rings is 1. The maximum atomic E-state index is 10.7. The Bertz CT molecular complexity index is 438. The van der Waals surface area contributed by atoms with Gasteiger partial charge in [0.2, 0.25) is 0 Å². The molecule has 5 heteroatoms. The maximum absolute atomic E-state index is 10.7. The summed E-state index contributed by atoms with van der Waals surface area (Å²) in [7, 11) is 0. The lowest BCUT2D eigenvalue weighted by atomic mass is 10.1. The summed E-state index contributed by atoms with van der Waals surface area (Å²) in [5, 5.41) is 11.8. The molecule has 0 saturated heterocycles. The second-order valence-corrected chi connectivity index (χ2v) is 6.01. The summed E-state index contributed by atoms with van der Waals surface area (Å²) in [5.74, 6) is 0.748. The highest BCUT2D eigenvalue weighted by Gasteiger charge is 2.08. The lowest BCUT2D eigenvalue weighted by Gasteiger charge is -2.08. The fourth-order valence-corrected chi connectivity index (χ4v) is 2.57. The predicted octanol–water partition coefficient (Wildman–Crippen LogP) is 5.41. The maximum Gasteiger partial charge on any atom is 0.269 e. The highest BCUT2D eigenvalue weighted by molar-refractivity contribution is 9.09. The Kier molecular flexibility index (Phi) is 9.06. The standard InChI is InChI=1S/C16H24BrNO3/c1-14-13-15(18(19)20)9-10-16(14)21-12-8-6-4-2-3-5-7-11-17/h9-10,13H,2-8,11-12H2,1H3. The number of nitro benzene ring substituents is 1. The first-order valence-electron chi connectivity index (χ1n) is 7.59. The number of nitro groups is 1. The van der Waals surface area contributed by atoms with E-state index in [0.29, 0.717) is 6.61 Å². The summed E-state index contributed by atoms with van der Waals surface area (Å²) in [6.07, 6.45) is 8.66. The van der Waals surface area contributed by atoms with E-state index in [9.17, 15) is 10.1 Å². The van der Waals surface area contributed by atoms with Crippen LogP contribution in [-0.2, 0) is 0 Å². The minimum absolute atomic E-state index is 0.114. The van der Waals surface area contributed by atoms with Crippen LogP contribution in [0.5, 0.6) is 5.75 Å². The van der Waals surface area contributed by atoms with E-state index < -0.39 is 0 Å². The molecule has 0 aliphatic carbocycles. The summed E-state index contributed by atoms with van der Waals surface area (Å²) in [6, 6.07) is 4.74. The van der Waals surface area contributed by atoms with E-state index >= 15 is 0 Å². The van der Waals surface area contributed by atoms with Crippen LogP contribution in [0.15, 0.2) is 18.2 Å². The van der Waals surface area contributed by atoms with Crippen molar-refractivity contribution in [2.75, 3.05) is 11.9 Å². The highest BCUT2D eigenvalue weighted by Crippen LogP contribution is 2.23. The van der Waals surface area contributed by atoms with Crippen molar-refractivity contribution in [3.63, 3.8) is 0 Å². The molecule has 1 rings (SSSR count). The zero-order valence-corrected chi connectivity index (χ0v) is 14.2. The molecular weight excluding hydrogens is 334 g/mol. The molecule has 0 aliphatic rings. The first kappa shape index (κ1) is 18.0. The Balaban J connectivity index is 2.14. The van der Waals surface area contributed by atoms with Gasteiger partial charge in [-0.15, -0.1) is 0 Å². The van der Waals surface area contributed by atoms with Gasteiger partial charge in [-0.05, 0) is 31.4 Å². The number of aryl methyl sites for hydroxylation is 1. The molecule has 21 heavy (non-hydrogen) atoms. The van der Waals surface area contributed by atoms with Gasteiger partial charge in [-0.3, -0.25) is 10.1 Å². The Morgan fingerprint density at radius 1 is 1.10 bits per heavy atom. The summed E-state index contributed by atoms with van der Waals surface area (Å²) in [6.45, 7) is 2.52. The van der Waals surface area contributed by atoms with Crippen LogP contribution in [-0.4, -0.2) is 16.9 Å². The van der Waals surface area contributed by atoms with Crippen LogP contribution in [0.25, 0.3) is 0 Å². The van der Waals surface area contributed by atoms with Gasteiger partial charge in [-0.2, -0.15) is 0 Å². The SMILES string of the molecule is Cc1cc([N+](=O)[O-])ccc1OCCCCCCCCCBr. The number of hydrogen-bond donors (Lipinski definition) is 0. The van der Waals surface area contributed by atoms with Gasteiger partial charge in [-0.25, -0.2) is 0 Å². The van der Waals surface area contributed by atoms with E-state index in [1.807, 2.05) is 6.92 Å². The molecule has 118 valence electrons. The minimum atomic E-state index is -0.383. The molecule has 0 aliphatic heterocycles. The topological polar surface area (TPSA) is 52.4 Å². The third kappa shape index (κ3) is 7.46. The smallest absolute Gasteiger partial charge is 0.269 e. The Hall–Kier alpha value is -1.10. The van der Waals surface area contributed by atoms with Crippen LogP contribution in [0.1, 0.15) is 50.5 Å². The van der Waals surface area contributed by atoms with Crippen molar-refractivity contribution in [3.8, 4) is 5.75 Å². The fraction of sp³-hybridized carbons (Fsp3) is 0.625. The molecule has 0 amide bonds. The average molecular weight is 358 g/mol. The van der Waals surface area contributed by atoms with Crippen LogP contribution in [0.4, 0.5) is 5.69 Å². The highest BCUT2D eigenvalue weighted by atomic mass is 79.9. The predicted molar refractivity (Wildman–Crippen MR) is 89.4 cm³/mol. The van der Waals surface area contributed by atoms with Gasteiger partial charge >= 0.3 is 0 Å². The first-order chi connectivity index (χ1) is 10.1. The second-order valence-electron chi connectivity index (χ2n) is 5.22. The quantitative estimate of drug-likeness (QED) is 0.230. The van der Waals surface area contributed by atoms with Gasteiger partial charge in [0, 0.05) is 17.5 Å². The molecular formula is C16H24BrNO3. The van der Waals surface area contributed by atoms with Crippen LogP contribution < -0.4 is 4.74 Å². The van der Waals surface area contributed by atoms with Crippen LogP contribution >= 0.6 is 15.9 Å². The number of alkyl halides is 1. The van der Waals surface area contributed by atoms with E-state index in [4.69, 9.17) is 4.74 Å². The molecule has 1 aromatic rings. The summed E-state index contributed by atoms with van der Waals surface area (Å²) in [4.78, 5) is 10.3. The Morgan fingerprint density at radius 2 is 1.71 bits per heavy atom. The fourth-order valence-electron chi connectivity index (χ4n) is 2.17. The molecule has 0 N–H and O–H groups in total. The molecule has 0 fully saturated rings. The molecule has 1 aromatic carbocycles. The Labute approximate surface area is 135 Å². The molecule has 0 radical (unpaired) electrons. The molecule has 0 aromatic heterocycles. The monoisotopic (exact) mass is 357 g/mol. The number of ether oxygens (including phenoxy) is 1. The van der Waals surface area contributed by atoms with E-state index in [1.54, 1.807) is 12.1 Å². The molecule has 0 unspecified atom stereocenters. The van der Waals surface area contributed by atoms with Gasteiger partial charge in [0.25, 0.3) is 5.69 Å². The zero-order valence-electron chi connectivity index (χ0n) is 12.6. The van der Waals surface area contributed by atoms with Crippen molar-refractivity contribution in [2.45, 2.75) is 51.9 Å². The number of unbranched alkanes of at least 4 members (excludes halogenated alkanes) is 6. The Morgan fingerprint density at radius 3 is 2.29 bits per heavy atom. The van der Waals surface area contributed by atoms with Crippen LogP contribution in [0.2, 0.25) is 0 Å². The van der Waals surface area contributed by atoms with Crippen molar-refractivity contribution in [2.24, 2.45) is 0 Å². The summed E-state index contributed by atoms with van der Waals surface area (Å²) in [5.41, 5.74) is 0.933. The van der Waals surface area contributed by atoms with Crippen molar-refractivity contribution >= 4 is 21.6 Å². The van der Waals surface area contributed by atoms with Crippen LogP contribution in [0.3, 0.4) is 0 Å². The van der Waals surface area contributed by atoms with Crippen molar-refractivity contribution in [1.29, 1.82) is 0 Å². The van der Waals surface area contributed by atoms with Gasteiger partial charge in [0.1, 0.15) is 5.75 Å². The third-order valence-electron chi connectivity index (χ3n) is 3.40. The summed E-state index contributed by atoms with van der Waals surface area (Å²) >= 11 is 3.44. The second kappa shape index (κ2) is 10.6. The van der Waals surface area contributed by atoms with E-state index in [0.717, 1.165) is 23.1 Å². The van der Waals surface area contributed by atoms with Gasteiger partial charge < -0.3 is 4.74 Å². The molecule has 4 nitrogen and oxygen atoms in total. The molecule has 0 bridgehead atoms. The van der Waals surface area contributed by atoms with E-state index in [2.05, 4.69) is 15.9 Å². The van der Waals surface area contributed by atoms with Crippen molar-refractivity contribution in [3.05, 3.63) is 33.9 Å². The van der Waals surface area contributed by atoms with E-state index in [1.165, 1.54) is 44.6 Å². The molecule has 0 saturated carbocycles. The largest absolute Gasteiger partial charge is 0.493 e. The molecule has 0 atom stereocenters. The van der Waals surface area contributed by atoms with Crippen molar-refractivity contribution in [1.82, 2.24) is 0 Å². The first-order valence-corrected chi connectivity index (χ1v) is 8.71. The number of rotatable bonds is 11. The number of halogens is 1. The average Bonchev–Trinajstić information content (AvgIpc) is 2.46. The summed E-state index contributed by atoms with van der Waals surface area (Å²) < 4.78 is 5.69. The van der Waals surface area contributed by atoms with Gasteiger partial charge in [0.05, 0.1) is 11.5 Å². The molecule has 0 spiro atoms. The van der Waals surface area contributed by atoms with Crippen molar-refractivity contribution < 1.29 is 9.66 Å².